The monoisotopic (exact) mass is 363 g/mol. The lowest BCUT2D eigenvalue weighted by Gasteiger charge is -2.30. The number of rotatable bonds is 3. The number of carbonyl (C=O) groups is 1. The predicted molar refractivity (Wildman–Crippen MR) is 101 cm³/mol. The van der Waals surface area contributed by atoms with Crippen molar-refractivity contribution in [1.82, 2.24) is 14.9 Å². The molecule has 0 saturated heterocycles. The lowest BCUT2D eigenvalue weighted by Crippen LogP contribution is -2.42. The zero-order valence-electron chi connectivity index (χ0n) is 15.7. The molecule has 2 aliphatic rings. The van der Waals surface area contributed by atoms with Gasteiger partial charge in [-0.3, -0.25) is 14.2 Å². The second kappa shape index (κ2) is 7.14. The Morgan fingerprint density at radius 3 is 2.76 bits per heavy atom. The molecule has 3 rings (SSSR count). The molecule has 6 heteroatoms. The van der Waals surface area contributed by atoms with Gasteiger partial charge in [0.05, 0.1) is 11.7 Å². The molecule has 1 aliphatic heterocycles. The van der Waals surface area contributed by atoms with Gasteiger partial charge in [-0.1, -0.05) is 52.3 Å². The van der Waals surface area contributed by atoms with E-state index in [1.807, 2.05) is 0 Å². The maximum Gasteiger partial charge on any atom is 0.254 e. The van der Waals surface area contributed by atoms with Gasteiger partial charge in [0.2, 0.25) is 5.91 Å². The minimum Gasteiger partial charge on any atom is -0.353 e. The van der Waals surface area contributed by atoms with E-state index in [9.17, 15) is 9.59 Å². The van der Waals surface area contributed by atoms with E-state index in [0.717, 1.165) is 23.0 Å². The third kappa shape index (κ3) is 4.10. The maximum absolute atomic E-state index is 12.6. The van der Waals surface area contributed by atoms with Crippen LogP contribution in [0.15, 0.2) is 16.0 Å². The average Bonchev–Trinajstić information content (AvgIpc) is 2.92. The van der Waals surface area contributed by atoms with Crippen molar-refractivity contribution >= 4 is 17.7 Å². The second-order valence-corrected chi connectivity index (χ2v) is 9.47. The molecule has 0 radical (unpaired) electrons. The molecule has 5 nitrogen and oxygen atoms in total. The number of amides is 1. The number of thioether (sulfide) groups is 1. The molecular formula is C19H29N3O2S. The molecule has 3 atom stereocenters. The second-order valence-electron chi connectivity index (χ2n) is 8.49. The van der Waals surface area contributed by atoms with E-state index in [4.69, 9.17) is 0 Å². The highest BCUT2D eigenvalue weighted by molar-refractivity contribution is 7.99. The topological polar surface area (TPSA) is 64.0 Å². The Hall–Kier alpha value is -1.30. The van der Waals surface area contributed by atoms with Gasteiger partial charge in [-0.05, 0) is 18.8 Å². The fraction of sp³-hybridized carbons (Fsp3) is 0.737. The highest BCUT2D eigenvalue weighted by atomic mass is 32.2. The largest absolute Gasteiger partial charge is 0.353 e. The van der Waals surface area contributed by atoms with Gasteiger partial charge in [-0.15, -0.1) is 0 Å². The molecule has 1 amide bonds. The molecule has 25 heavy (non-hydrogen) atoms. The van der Waals surface area contributed by atoms with Gasteiger partial charge in [-0.25, -0.2) is 4.98 Å². The number of hydrogen-bond acceptors (Lipinski definition) is 4. The Balaban J connectivity index is 1.70. The van der Waals surface area contributed by atoms with Gasteiger partial charge >= 0.3 is 0 Å². The van der Waals surface area contributed by atoms with Crippen molar-refractivity contribution < 1.29 is 4.79 Å². The van der Waals surface area contributed by atoms with Crippen molar-refractivity contribution in [3.05, 3.63) is 22.1 Å². The summed E-state index contributed by atoms with van der Waals surface area (Å²) in [6, 6.07) is 1.82. The first-order valence-corrected chi connectivity index (χ1v) is 10.3. The summed E-state index contributed by atoms with van der Waals surface area (Å²) in [5, 5.41) is 3.95. The lowest BCUT2D eigenvalue weighted by molar-refractivity contribution is -0.123. The molecule has 3 unspecified atom stereocenters. The van der Waals surface area contributed by atoms with Crippen LogP contribution in [0.2, 0.25) is 0 Å². The van der Waals surface area contributed by atoms with Crippen LogP contribution in [-0.2, 0) is 10.2 Å². The van der Waals surface area contributed by atoms with Gasteiger partial charge in [0.1, 0.15) is 0 Å². The Bertz CT molecular complexity index is 708. The normalized spacial score (nSPS) is 26.3. The summed E-state index contributed by atoms with van der Waals surface area (Å²) in [5.41, 5.74) is 0.628. The molecule has 1 fully saturated rings. The number of aromatic nitrogens is 2. The Labute approximate surface area is 154 Å². The van der Waals surface area contributed by atoms with Crippen molar-refractivity contribution in [2.75, 3.05) is 5.75 Å². The molecule has 2 heterocycles. The fourth-order valence-electron chi connectivity index (χ4n) is 3.70. The van der Waals surface area contributed by atoms with E-state index in [1.54, 1.807) is 22.4 Å². The molecule has 1 aromatic rings. The van der Waals surface area contributed by atoms with E-state index < -0.39 is 0 Å². The molecule has 0 spiro atoms. The standard InChI is InChI=1S/C19H29N3O2S/c1-12-7-5-6-8-14(12)20-16(23)9-13-11-25-18-21-15(19(2,3)4)10-17(24)22(13)18/h10,12-14H,5-9,11H2,1-4H3,(H,20,23). The van der Waals surface area contributed by atoms with Crippen LogP contribution in [0, 0.1) is 5.92 Å². The van der Waals surface area contributed by atoms with Crippen LogP contribution in [0.25, 0.3) is 0 Å². The highest BCUT2D eigenvalue weighted by Gasteiger charge is 2.31. The molecule has 1 aliphatic carbocycles. The van der Waals surface area contributed by atoms with E-state index in [0.29, 0.717) is 12.3 Å². The van der Waals surface area contributed by atoms with Crippen molar-refractivity contribution in [3.8, 4) is 0 Å². The van der Waals surface area contributed by atoms with Crippen LogP contribution in [0.5, 0.6) is 0 Å². The van der Waals surface area contributed by atoms with Crippen LogP contribution in [0.3, 0.4) is 0 Å². The first-order valence-electron chi connectivity index (χ1n) is 9.32. The van der Waals surface area contributed by atoms with Gasteiger partial charge in [0, 0.05) is 29.7 Å². The van der Waals surface area contributed by atoms with Crippen LogP contribution in [-0.4, -0.2) is 27.3 Å². The summed E-state index contributed by atoms with van der Waals surface area (Å²) >= 11 is 1.58. The lowest BCUT2D eigenvalue weighted by atomic mass is 9.86. The zero-order valence-corrected chi connectivity index (χ0v) is 16.5. The first kappa shape index (κ1) is 18.5. The minimum atomic E-state index is -0.151. The van der Waals surface area contributed by atoms with Crippen LogP contribution >= 0.6 is 11.8 Å². The van der Waals surface area contributed by atoms with Crippen molar-refractivity contribution in [1.29, 1.82) is 0 Å². The summed E-state index contributed by atoms with van der Waals surface area (Å²) in [7, 11) is 0. The van der Waals surface area contributed by atoms with Crippen molar-refractivity contribution in [2.45, 2.75) is 82.5 Å². The number of nitrogens with one attached hydrogen (secondary N) is 1. The molecule has 0 aromatic carbocycles. The molecule has 0 bridgehead atoms. The van der Waals surface area contributed by atoms with E-state index in [2.05, 4.69) is 38.0 Å². The van der Waals surface area contributed by atoms with Crippen LogP contribution in [0.1, 0.15) is 71.5 Å². The smallest absolute Gasteiger partial charge is 0.254 e. The molecule has 1 N–H and O–H groups in total. The maximum atomic E-state index is 12.6. The van der Waals surface area contributed by atoms with E-state index >= 15 is 0 Å². The summed E-state index contributed by atoms with van der Waals surface area (Å²) in [6.07, 6.45) is 5.07. The number of hydrogen-bond donors (Lipinski definition) is 1. The van der Waals surface area contributed by atoms with E-state index in [1.165, 1.54) is 19.3 Å². The molecule has 1 saturated carbocycles. The minimum absolute atomic E-state index is 0.0382. The summed E-state index contributed by atoms with van der Waals surface area (Å²) in [6.45, 7) is 8.39. The van der Waals surface area contributed by atoms with Crippen LogP contribution < -0.4 is 10.9 Å². The van der Waals surface area contributed by atoms with Crippen LogP contribution in [0.4, 0.5) is 0 Å². The van der Waals surface area contributed by atoms with Gasteiger partial charge < -0.3 is 5.32 Å². The Kier molecular flexibility index (Phi) is 5.28. The summed E-state index contributed by atoms with van der Waals surface area (Å²) < 4.78 is 1.71. The average molecular weight is 364 g/mol. The summed E-state index contributed by atoms with van der Waals surface area (Å²) in [4.78, 5) is 29.8. The van der Waals surface area contributed by atoms with Gasteiger partial charge in [0.25, 0.3) is 5.56 Å². The third-order valence-electron chi connectivity index (χ3n) is 5.34. The molecule has 138 valence electrons. The van der Waals surface area contributed by atoms with Gasteiger partial charge in [0.15, 0.2) is 5.16 Å². The Morgan fingerprint density at radius 1 is 1.36 bits per heavy atom. The summed E-state index contributed by atoms with van der Waals surface area (Å²) in [5.74, 6) is 1.34. The predicted octanol–water partition coefficient (Wildman–Crippen LogP) is 3.27. The molecule has 1 aromatic heterocycles. The fourth-order valence-corrected chi connectivity index (χ4v) is 4.85. The third-order valence-corrected chi connectivity index (χ3v) is 6.43. The first-order chi connectivity index (χ1) is 11.8. The SMILES string of the molecule is CC1CCCCC1NC(=O)CC1CSc2nc(C(C)(C)C)cc(=O)n21. The molecular weight excluding hydrogens is 334 g/mol. The Morgan fingerprint density at radius 2 is 2.08 bits per heavy atom. The highest BCUT2D eigenvalue weighted by Crippen LogP contribution is 2.33. The number of fused-ring (bicyclic) bond motifs is 1. The van der Waals surface area contributed by atoms with E-state index in [-0.39, 0.29) is 29.0 Å². The number of nitrogens with zero attached hydrogens (tertiary/aromatic N) is 2. The van der Waals surface area contributed by atoms with Crippen molar-refractivity contribution in [2.24, 2.45) is 5.92 Å². The van der Waals surface area contributed by atoms with Crippen molar-refractivity contribution in [3.63, 3.8) is 0 Å². The zero-order chi connectivity index (χ0) is 18.2. The van der Waals surface area contributed by atoms with Gasteiger partial charge in [-0.2, -0.15) is 0 Å². The number of carbonyl (C=O) groups excluding carboxylic acids is 1. The quantitative estimate of drug-likeness (QED) is 0.837.